The van der Waals surface area contributed by atoms with E-state index in [0.29, 0.717) is 28.6 Å². The number of nitrogens with two attached hydrogens (primary N) is 1. The van der Waals surface area contributed by atoms with Gasteiger partial charge < -0.3 is 15.3 Å². The van der Waals surface area contributed by atoms with Gasteiger partial charge in [-0.1, -0.05) is 0 Å². The normalized spacial score (nSPS) is 15.5. The molecule has 5 heteroatoms. The second-order valence-electron chi connectivity index (χ2n) is 4.05. The molecule has 1 aromatic heterocycles. The molecule has 1 aliphatic carbocycles. The topological polar surface area (TPSA) is 89.4 Å². The molecule has 1 saturated carbocycles. The van der Waals surface area contributed by atoms with Gasteiger partial charge in [0.2, 0.25) is 0 Å². The van der Waals surface area contributed by atoms with Crippen LogP contribution in [0.4, 0.5) is 5.69 Å². The second-order valence-corrected chi connectivity index (χ2v) is 4.05. The van der Waals surface area contributed by atoms with Gasteiger partial charge in [-0.05, 0) is 25.0 Å². The number of aromatic carboxylic acids is 1. The van der Waals surface area contributed by atoms with E-state index in [-0.39, 0.29) is 5.56 Å². The lowest BCUT2D eigenvalue weighted by Gasteiger charge is -1.96. The zero-order valence-electron chi connectivity index (χ0n) is 8.43. The third kappa shape index (κ3) is 1.32. The van der Waals surface area contributed by atoms with Gasteiger partial charge in [0.15, 0.2) is 11.5 Å². The molecule has 0 spiro atoms. The standard InChI is InChI=1S/C11H10N2O3/c12-7-3-6(11(14)15)4-8-9(7)16-10(13-8)5-1-2-5/h3-5H,1-2,12H2,(H,14,15). The molecule has 0 amide bonds. The molecule has 1 heterocycles. The highest BCUT2D eigenvalue weighted by molar-refractivity contribution is 5.96. The number of nitrogens with zero attached hydrogens (tertiary/aromatic N) is 1. The molecular weight excluding hydrogens is 208 g/mol. The molecule has 2 aromatic rings. The van der Waals surface area contributed by atoms with Crippen LogP contribution in [0.3, 0.4) is 0 Å². The second kappa shape index (κ2) is 2.98. The van der Waals surface area contributed by atoms with Crippen LogP contribution >= 0.6 is 0 Å². The summed E-state index contributed by atoms with van der Waals surface area (Å²) in [6.45, 7) is 0. The smallest absolute Gasteiger partial charge is 0.335 e. The Morgan fingerprint density at radius 3 is 2.88 bits per heavy atom. The summed E-state index contributed by atoms with van der Waals surface area (Å²) < 4.78 is 5.53. The van der Waals surface area contributed by atoms with Crippen molar-refractivity contribution in [3.8, 4) is 0 Å². The minimum atomic E-state index is -1.01. The maximum Gasteiger partial charge on any atom is 0.335 e. The Hall–Kier alpha value is -2.04. The SMILES string of the molecule is Nc1cc(C(=O)O)cc2nc(C3CC3)oc12. The van der Waals surface area contributed by atoms with Gasteiger partial charge in [-0.15, -0.1) is 0 Å². The number of carbonyl (C=O) groups is 1. The number of hydrogen-bond acceptors (Lipinski definition) is 4. The molecule has 1 fully saturated rings. The number of benzene rings is 1. The molecule has 16 heavy (non-hydrogen) atoms. The first-order valence-electron chi connectivity index (χ1n) is 5.08. The highest BCUT2D eigenvalue weighted by atomic mass is 16.4. The highest BCUT2D eigenvalue weighted by Crippen LogP contribution is 2.41. The van der Waals surface area contributed by atoms with Gasteiger partial charge in [0.25, 0.3) is 0 Å². The average Bonchev–Trinajstić information content (AvgIpc) is 2.98. The average molecular weight is 218 g/mol. The summed E-state index contributed by atoms with van der Waals surface area (Å²) in [6, 6.07) is 2.88. The minimum Gasteiger partial charge on any atom is -0.478 e. The zero-order chi connectivity index (χ0) is 11.3. The number of rotatable bonds is 2. The van der Waals surface area contributed by atoms with Crippen molar-refractivity contribution in [2.45, 2.75) is 18.8 Å². The quantitative estimate of drug-likeness (QED) is 0.752. The van der Waals surface area contributed by atoms with Crippen molar-refractivity contribution in [2.24, 2.45) is 0 Å². The van der Waals surface area contributed by atoms with Crippen molar-refractivity contribution in [2.75, 3.05) is 5.73 Å². The predicted octanol–water partition coefficient (Wildman–Crippen LogP) is 1.99. The molecule has 0 saturated heterocycles. The Kier molecular flexibility index (Phi) is 1.71. The lowest BCUT2D eigenvalue weighted by atomic mass is 10.2. The van der Waals surface area contributed by atoms with Crippen LogP contribution < -0.4 is 5.73 Å². The van der Waals surface area contributed by atoms with Crippen molar-refractivity contribution in [3.05, 3.63) is 23.6 Å². The van der Waals surface area contributed by atoms with Gasteiger partial charge >= 0.3 is 5.97 Å². The maximum atomic E-state index is 10.8. The number of oxazole rings is 1. The van der Waals surface area contributed by atoms with Crippen molar-refractivity contribution >= 4 is 22.8 Å². The van der Waals surface area contributed by atoms with Gasteiger partial charge in [-0.2, -0.15) is 0 Å². The van der Waals surface area contributed by atoms with Crippen LogP contribution in [0.2, 0.25) is 0 Å². The summed E-state index contributed by atoms with van der Waals surface area (Å²) in [6.07, 6.45) is 2.16. The van der Waals surface area contributed by atoms with E-state index in [2.05, 4.69) is 4.98 Å². The van der Waals surface area contributed by atoms with E-state index < -0.39 is 5.97 Å². The van der Waals surface area contributed by atoms with E-state index in [9.17, 15) is 4.79 Å². The first-order valence-corrected chi connectivity index (χ1v) is 5.08. The molecule has 0 unspecified atom stereocenters. The minimum absolute atomic E-state index is 0.139. The van der Waals surface area contributed by atoms with E-state index >= 15 is 0 Å². The van der Waals surface area contributed by atoms with E-state index in [1.807, 2.05) is 0 Å². The summed E-state index contributed by atoms with van der Waals surface area (Å²) in [5, 5.41) is 8.88. The Bertz CT molecular complexity index is 584. The van der Waals surface area contributed by atoms with E-state index in [1.54, 1.807) is 0 Å². The first-order chi connectivity index (χ1) is 7.65. The predicted molar refractivity (Wildman–Crippen MR) is 57.4 cm³/mol. The Balaban J connectivity index is 2.21. The number of aromatic nitrogens is 1. The van der Waals surface area contributed by atoms with Crippen molar-refractivity contribution in [1.29, 1.82) is 0 Å². The third-order valence-corrected chi connectivity index (χ3v) is 2.71. The van der Waals surface area contributed by atoms with Crippen molar-refractivity contribution in [3.63, 3.8) is 0 Å². The number of carboxylic acids is 1. The molecule has 0 radical (unpaired) electrons. The Labute approximate surface area is 90.9 Å². The fourth-order valence-corrected chi connectivity index (χ4v) is 1.70. The van der Waals surface area contributed by atoms with Gasteiger partial charge in [-0.25, -0.2) is 9.78 Å². The van der Waals surface area contributed by atoms with Gasteiger partial charge in [0.05, 0.1) is 11.3 Å². The molecule has 3 N–H and O–H groups in total. The van der Waals surface area contributed by atoms with Crippen LogP contribution in [0.5, 0.6) is 0 Å². The van der Waals surface area contributed by atoms with Crippen molar-refractivity contribution < 1.29 is 14.3 Å². The van der Waals surface area contributed by atoms with E-state index in [0.717, 1.165) is 12.8 Å². The molecule has 3 rings (SSSR count). The lowest BCUT2D eigenvalue weighted by Crippen LogP contribution is -1.98. The van der Waals surface area contributed by atoms with Crippen LogP contribution in [0.1, 0.15) is 35.0 Å². The van der Waals surface area contributed by atoms with Crippen LogP contribution in [-0.4, -0.2) is 16.1 Å². The van der Waals surface area contributed by atoms with Gasteiger partial charge in [0, 0.05) is 5.92 Å². The monoisotopic (exact) mass is 218 g/mol. The van der Waals surface area contributed by atoms with Gasteiger partial charge in [0.1, 0.15) is 5.52 Å². The fourth-order valence-electron chi connectivity index (χ4n) is 1.70. The number of fused-ring (bicyclic) bond motifs is 1. The largest absolute Gasteiger partial charge is 0.478 e. The molecule has 0 bridgehead atoms. The van der Waals surface area contributed by atoms with Crippen LogP contribution in [0.25, 0.3) is 11.1 Å². The van der Waals surface area contributed by atoms with Crippen LogP contribution in [-0.2, 0) is 0 Å². The maximum absolute atomic E-state index is 10.8. The summed E-state index contributed by atoms with van der Waals surface area (Å²) in [4.78, 5) is 15.1. The van der Waals surface area contributed by atoms with Crippen LogP contribution in [0.15, 0.2) is 16.5 Å². The first kappa shape index (κ1) is 9.21. The van der Waals surface area contributed by atoms with E-state index in [1.165, 1.54) is 12.1 Å². The number of carboxylic acid groups (broad SMARTS) is 1. The Morgan fingerprint density at radius 1 is 1.50 bits per heavy atom. The third-order valence-electron chi connectivity index (χ3n) is 2.71. The molecule has 1 aliphatic rings. The summed E-state index contributed by atoms with van der Waals surface area (Å²) >= 11 is 0. The number of nitrogen functional groups attached to an aromatic ring is 1. The molecule has 0 atom stereocenters. The molecule has 5 nitrogen and oxygen atoms in total. The summed E-state index contributed by atoms with van der Waals surface area (Å²) in [7, 11) is 0. The van der Waals surface area contributed by atoms with Crippen LogP contribution in [0, 0.1) is 0 Å². The lowest BCUT2D eigenvalue weighted by molar-refractivity contribution is 0.0697. The highest BCUT2D eigenvalue weighted by Gasteiger charge is 2.29. The molecule has 0 aliphatic heterocycles. The summed E-state index contributed by atoms with van der Waals surface area (Å²) in [5.41, 5.74) is 7.22. The van der Waals surface area contributed by atoms with Crippen molar-refractivity contribution in [1.82, 2.24) is 4.98 Å². The molecular formula is C11H10N2O3. The Morgan fingerprint density at radius 2 is 2.25 bits per heavy atom. The summed E-state index contributed by atoms with van der Waals surface area (Å²) in [5.74, 6) is 0.0499. The number of hydrogen-bond donors (Lipinski definition) is 2. The molecule has 1 aromatic carbocycles. The zero-order valence-corrected chi connectivity index (χ0v) is 8.43. The van der Waals surface area contributed by atoms with E-state index in [4.69, 9.17) is 15.3 Å². The fraction of sp³-hybridized carbons (Fsp3) is 0.273. The molecule has 82 valence electrons. The van der Waals surface area contributed by atoms with Gasteiger partial charge in [-0.3, -0.25) is 0 Å². The number of anilines is 1.